The number of ether oxygens (including phenoxy) is 1. The van der Waals surface area contributed by atoms with Crippen LogP contribution in [0.15, 0.2) is 24.3 Å². The Balaban J connectivity index is 2.71. The van der Waals surface area contributed by atoms with Gasteiger partial charge in [-0.25, -0.2) is 0 Å². The molecule has 0 spiro atoms. The van der Waals surface area contributed by atoms with Gasteiger partial charge in [-0.2, -0.15) is 0 Å². The van der Waals surface area contributed by atoms with Crippen LogP contribution in [-0.4, -0.2) is 29.8 Å². The van der Waals surface area contributed by atoms with Crippen LogP contribution in [0.1, 0.15) is 61.0 Å². The summed E-state index contributed by atoms with van der Waals surface area (Å²) in [6.45, 7) is 12.5. The van der Waals surface area contributed by atoms with Crippen molar-refractivity contribution >= 4 is 24.2 Å². The van der Waals surface area contributed by atoms with E-state index < -0.39 is 30.3 Å². The highest BCUT2D eigenvalue weighted by molar-refractivity contribution is 7.96. The fraction of sp³-hybridized carbons (Fsp3) is 0.375. The summed E-state index contributed by atoms with van der Waals surface area (Å²) in [7, 11) is -4.32. The van der Waals surface area contributed by atoms with Crippen molar-refractivity contribution in [2.75, 3.05) is 12.8 Å². The van der Waals surface area contributed by atoms with E-state index in [-0.39, 0.29) is 17.7 Å². The molecule has 0 bridgehead atoms. The molecule has 0 aliphatic heterocycles. The summed E-state index contributed by atoms with van der Waals surface area (Å²) in [5.41, 5.74) is 3.35. The van der Waals surface area contributed by atoms with E-state index >= 15 is 0 Å². The molecule has 0 aliphatic rings. The number of hydrogen-bond donors (Lipinski definition) is 0. The number of carbonyl (C=O) groups excluding carboxylic acids is 3. The average Bonchev–Trinajstić information content (AvgIpc) is 2.59. The topological polar surface area (TPSA) is 77.5 Å². The first-order valence-electron chi connectivity index (χ1n) is 9.92. The Kier molecular flexibility index (Phi) is 7.20. The Morgan fingerprint density at radius 1 is 0.733 bits per heavy atom. The molecule has 0 radical (unpaired) electrons. The lowest BCUT2D eigenvalue weighted by atomic mass is 10.0. The molecule has 0 unspecified atom stereocenters. The Hall–Kier alpha value is -2.52. The van der Waals surface area contributed by atoms with Gasteiger partial charge in [0.1, 0.15) is 6.16 Å². The lowest BCUT2D eigenvalue weighted by Crippen LogP contribution is -2.22. The van der Waals surface area contributed by atoms with Crippen LogP contribution in [0, 0.1) is 41.5 Å². The van der Waals surface area contributed by atoms with Crippen molar-refractivity contribution in [3.05, 3.63) is 68.8 Å². The molecule has 2 rings (SSSR count). The summed E-state index contributed by atoms with van der Waals surface area (Å²) in [6, 6.07) is 7.23. The molecule has 0 aliphatic carbocycles. The summed E-state index contributed by atoms with van der Waals surface area (Å²) in [5, 5.41) is 0. The molecule has 6 heteroatoms. The largest absolute Gasteiger partial charge is 0.466 e. The second kappa shape index (κ2) is 9.09. The van der Waals surface area contributed by atoms with Crippen LogP contribution in [0.2, 0.25) is 0 Å². The normalized spacial score (nSPS) is 11.3. The molecule has 0 N–H and O–H groups in total. The fourth-order valence-electron chi connectivity index (χ4n) is 4.02. The molecule has 2 aromatic carbocycles. The highest BCUT2D eigenvalue weighted by Gasteiger charge is 2.45. The van der Waals surface area contributed by atoms with Crippen molar-refractivity contribution in [3.8, 4) is 0 Å². The van der Waals surface area contributed by atoms with E-state index in [0.717, 1.165) is 11.1 Å². The van der Waals surface area contributed by atoms with Gasteiger partial charge in [0.2, 0.25) is 18.2 Å². The van der Waals surface area contributed by atoms with Gasteiger partial charge >= 0.3 is 5.97 Å². The number of esters is 1. The van der Waals surface area contributed by atoms with Crippen molar-refractivity contribution in [2.24, 2.45) is 0 Å². The zero-order valence-electron chi connectivity index (χ0n) is 18.7. The van der Waals surface area contributed by atoms with Crippen molar-refractivity contribution < 1.29 is 23.7 Å². The first-order chi connectivity index (χ1) is 13.9. The van der Waals surface area contributed by atoms with Crippen LogP contribution in [0.3, 0.4) is 0 Å². The predicted molar refractivity (Wildman–Crippen MR) is 119 cm³/mol. The van der Waals surface area contributed by atoms with E-state index in [1.54, 1.807) is 34.6 Å². The maximum Gasteiger partial charge on any atom is 0.314 e. The minimum Gasteiger partial charge on any atom is -0.466 e. The molecule has 0 atom stereocenters. The van der Waals surface area contributed by atoms with Gasteiger partial charge in [0.25, 0.3) is 0 Å². The van der Waals surface area contributed by atoms with Crippen LogP contribution in [0.5, 0.6) is 0 Å². The van der Waals surface area contributed by atoms with Crippen molar-refractivity contribution in [1.29, 1.82) is 0 Å². The third kappa shape index (κ3) is 4.62. The quantitative estimate of drug-likeness (QED) is 0.433. The molecule has 0 amide bonds. The number of aryl methyl sites for hydroxylation is 6. The summed E-state index contributed by atoms with van der Waals surface area (Å²) in [4.78, 5) is 39.4. The van der Waals surface area contributed by atoms with Gasteiger partial charge in [-0.1, -0.05) is 35.4 Å². The van der Waals surface area contributed by atoms with Gasteiger partial charge in [0.15, 0.2) is 0 Å². The molecule has 0 saturated carbocycles. The number of rotatable bonds is 7. The van der Waals surface area contributed by atoms with Crippen LogP contribution >= 0.6 is 7.14 Å². The third-order valence-electron chi connectivity index (χ3n) is 5.10. The molecule has 0 aromatic heterocycles. The summed E-state index contributed by atoms with van der Waals surface area (Å²) in [5.74, 6) is -0.813. The maximum absolute atomic E-state index is 14.1. The molecule has 0 fully saturated rings. The van der Waals surface area contributed by atoms with E-state index in [4.69, 9.17) is 4.74 Å². The number of carbonyl (C=O) groups is 3. The van der Waals surface area contributed by atoms with Gasteiger partial charge in [-0.05, 0) is 70.7 Å². The smallest absolute Gasteiger partial charge is 0.314 e. The SMILES string of the molecule is CCOC(=O)CP(=O)(C(=O)c1c(C)cc(C)cc1C)C(=O)c1c(C)cc(C)cc1C. The number of benzene rings is 2. The molecule has 30 heavy (non-hydrogen) atoms. The molecule has 5 nitrogen and oxygen atoms in total. The highest BCUT2D eigenvalue weighted by atomic mass is 31.2. The van der Waals surface area contributed by atoms with E-state index in [0.29, 0.717) is 22.3 Å². The highest BCUT2D eigenvalue weighted by Crippen LogP contribution is 2.53. The Morgan fingerprint density at radius 2 is 1.07 bits per heavy atom. The molecular weight excluding hydrogens is 399 g/mol. The molecule has 0 heterocycles. The zero-order valence-corrected chi connectivity index (χ0v) is 19.6. The van der Waals surface area contributed by atoms with Crippen LogP contribution in [-0.2, 0) is 14.1 Å². The standard InChI is InChI=1S/C24H29O5P/c1-8-29-20(25)13-30(28,23(26)21-16(4)9-14(2)10-17(21)5)24(27)22-18(6)11-15(3)12-19(22)7/h9-12H,8,13H2,1-7H3. The van der Waals surface area contributed by atoms with Gasteiger partial charge in [-0.15, -0.1) is 0 Å². The van der Waals surface area contributed by atoms with E-state index in [1.165, 1.54) is 0 Å². The first kappa shape index (κ1) is 23.8. The second-order valence-electron chi connectivity index (χ2n) is 7.86. The van der Waals surface area contributed by atoms with Gasteiger partial charge in [0, 0.05) is 11.1 Å². The van der Waals surface area contributed by atoms with Crippen LogP contribution in [0.4, 0.5) is 0 Å². The lowest BCUT2D eigenvalue weighted by Gasteiger charge is -2.20. The third-order valence-corrected chi connectivity index (χ3v) is 7.56. The van der Waals surface area contributed by atoms with Crippen LogP contribution < -0.4 is 0 Å². The monoisotopic (exact) mass is 428 g/mol. The van der Waals surface area contributed by atoms with Crippen LogP contribution in [0.25, 0.3) is 0 Å². The predicted octanol–water partition coefficient (Wildman–Crippen LogP) is 5.44. The summed E-state index contributed by atoms with van der Waals surface area (Å²) >= 11 is 0. The van der Waals surface area contributed by atoms with Crippen molar-refractivity contribution in [1.82, 2.24) is 0 Å². The molecule has 2 aromatic rings. The van der Waals surface area contributed by atoms with Crippen molar-refractivity contribution in [2.45, 2.75) is 48.5 Å². The first-order valence-corrected chi connectivity index (χ1v) is 11.8. The molecule has 0 saturated heterocycles. The summed E-state index contributed by atoms with van der Waals surface area (Å²) < 4.78 is 19.0. The van der Waals surface area contributed by atoms with E-state index in [9.17, 15) is 18.9 Å². The minimum absolute atomic E-state index is 0.0758. The molecule has 160 valence electrons. The lowest BCUT2D eigenvalue weighted by molar-refractivity contribution is -0.140. The summed E-state index contributed by atoms with van der Waals surface area (Å²) in [6.07, 6.45) is -0.738. The zero-order chi connectivity index (χ0) is 22.8. The van der Waals surface area contributed by atoms with E-state index in [2.05, 4.69) is 0 Å². The van der Waals surface area contributed by atoms with Gasteiger partial charge < -0.3 is 9.30 Å². The Bertz CT molecular complexity index is 961. The Morgan fingerprint density at radius 3 is 1.37 bits per heavy atom. The van der Waals surface area contributed by atoms with E-state index in [1.807, 2.05) is 38.1 Å². The minimum atomic E-state index is -4.32. The number of hydrogen-bond acceptors (Lipinski definition) is 5. The van der Waals surface area contributed by atoms with Gasteiger partial charge in [-0.3, -0.25) is 14.4 Å². The molecular formula is C24H29O5P. The van der Waals surface area contributed by atoms with Crippen molar-refractivity contribution in [3.63, 3.8) is 0 Å². The average molecular weight is 428 g/mol. The fourth-order valence-corrected chi connectivity index (χ4v) is 6.37. The Labute approximate surface area is 178 Å². The second-order valence-corrected chi connectivity index (χ2v) is 10.5. The van der Waals surface area contributed by atoms with Gasteiger partial charge in [0.05, 0.1) is 6.61 Å². The maximum atomic E-state index is 14.1.